The molecule has 1 saturated carbocycles. The van der Waals surface area contributed by atoms with Gasteiger partial charge < -0.3 is 15.4 Å². The molecule has 0 atom stereocenters. The molecule has 148 valence electrons. The highest BCUT2D eigenvalue weighted by molar-refractivity contribution is 14.0. The monoisotopic (exact) mass is 473 g/mol. The van der Waals surface area contributed by atoms with Crippen molar-refractivity contribution in [2.75, 3.05) is 33.9 Å². The average molecular weight is 473 g/mol. The van der Waals surface area contributed by atoms with Gasteiger partial charge in [-0.05, 0) is 37.2 Å². The zero-order chi connectivity index (χ0) is 18.3. The fraction of sp³-hybridized carbons (Fsp3) is 0.667. The number of nitrogens with one attached hydrogen (secondary N) is 2. The molecule has 26 heavy (non-hydrogen) atoms. The van der Waals surface area contributed by atoms with Crippen molar-refractivity contribution in [1.29, 1.82) is 0 Å². The Morgan fingerprint density at radius 1 is 1.27 bits per heavy atom. The molecule has 0 aliphatic heterocycles. The molecule has 2 rings (SSSR count). The van der Waals surface area contributed by atoms with E-state index in [0.717, 1.165) is 32.1 Å². The molecule has 1 aromatic rings. The number of methoxy groups -OCH3 is 1. The van der Waals surface area contributed by atoms with Gasteiger partial charge in [-0.25, -0.2) is 0 Å². The number of aryl methyl sites for hydroxylation is 1. The summed E-state index contributed by atoms with van der Waals surface area (Å²) in [6.45, 7) is 9.35. The van der Waals surface area contributed by atoms with E-state index in [1.54, 1.807) is 7.11 Å². The van der Waals surface area contributed by atoms with Gasteiger partial charge in [-0.2, -0.15) is 0 Å². The summed E-state index contributed by atoms with van der Waals surface area (Å²) in [4.78, 5) is 4.41. The molecule has 0 spiro atoms. The number of halogens is 1. The van der Waals surface area contributed by atoms with Crippen LogP contribution in [0.5, 0.6) is 0 Å². The minimum absolute atomic E-state index is 0. The van der Waals surface area contributed by atoms with Crippen molar-refractivity contribution in [3.05, 3.63) is 35.4 Å². The van der Waals surface area contributed by atoms with Gasteiger partial charge in [0.25, 0.3) is 0 Å². The number of benzene rings is 1. The van der Waals surface area contributed by atoms with Crippen LogP contribution in [0.15, 0.2) is 29.3 Å². The summed E-state index contributed by atoms with van der Waals surface area (Å²) in [5, 5.41) is 7.05. The number of guanidine groups is 1. The first-order valence-corrected chi connectivity index (χ1v) is 9.41. The van der Waals surface area contributed by atoms with Crippen LogP contribution in [0.25, 0.3) is 0 Å². The van der Waals surface area contributed by atoms with E-state index in [0.29, 0.717) is 5.41 Å². The molecule has 0 saturated heterocycles. The van der Waals surface area contributed by atoms with Crippen molar-refractivity contribution >= 4 is 29.9 Å². The smallest absolute Gasteiger partial charge is 0.191 e. The highest BCUT2D eigenvalue weighted by atomic mass is 127. The molecule has 0 heterocycles. The second-order valence-electron chi connectivity index (χ2n) is 8.13. The summed E-state index contributed by atoms with van der Waals surface area (Å²) in [5.41, 5.74) is 3.09. The summed E-state index contributed by atoms with van der Waals surface area (Å²) in [7, 11) is 3.63. The minimum atomic E-state index is 0. The molecule has 0 bridgehead atoms. The quantitative estimate of drug-likeness (QED) is 0.337. The van der Waals surface area contributed by atoms with Crippen molar-refractivity contribution in [3.63, 3.8) is 0 Å². The predicted octanol–water partition coefficient (Wildman–Crippen LogP) is 4.26. The normalized spacial score (nSPS) is 16.4. The number of aliphatic imine (C=N–C) groups is 1. The molecule has 1 aromatic carbocycles. The number of ether oxygens (including phenoxy) is 1. The van der Waals surface area contributed by atoms with Gasteiger partial charge >= 0.3 is 0 Å². The molecule has 0 aromatic heterocycles. The van der Waals surface area contributed by atoms with Crippen molar-refractivity contribution < 1.29 is 4.74 Å². The van der Waals surface area contributed by atoms with Crippen LogP contribution in [0, 0.1) is 12.3 Å². The van der Waals surface area contributed by atoms with Crippen LogP contribution in [-0.4, -0.2) is 39.8 Å². The Bertz CT molecular complexity index is 582. The third-order valence-corrected chi connectivity index (χ3v) is 5.60. The third kappa shape index (κ3) is 6.41. The topological polar surface area (TPSA) is 45.7 Å². The lowest BCUT2D eigenvalue weighted by molar-refractivity contribution is 0.0732. The Morgan fingerprint density at radius 2 is 2.00 bits per heavy atom. The van der Waals surface area contributed by atoms with Gasteiger partial charge in [0.05, 0.1) is 0 Å². The molecule has 1 aliphatic rings. The van der Waals surface area contributed by atoms with Crippen LogP contribution >= 0.6 is 24.0 Å². The van der Waals surface area contributed by atoms with Crippen LogP contribution in [0.1, 0.15) is 50.7 Å². The number of nitrogens with zero attached hydrogens (tertiary/aromatic N) is 1. The van der Waals surface area contributed by atoms with Crippen molar-refractivity contribution in [2.45, 2.75) is 51.9 Å². The molecule has 1 aliphatic carbocycles. The first-order valence-electron chi connectivity index (χ1n) is 9.41. The van der Waals surface area contributed by atoms with Crippen LogP contribution in [-0.2, 0) is 10.2 Å². The van der Waals surface area contributed by atoms with Crippen LogP contribution in [0.3, 0.4) is 0 Å². The van der Waals surface area contributed by atoms with Gasteiger partial charge in [-0.1, -0.05) is 50.1 Å². The molecular formula is C21H36IN3O. The van der Waals surface area contributed by atoms with Gasteiger partial charge in [0.1, 0.15) is 0 Å². The Kier molecular flexibility index (Phi) is 9.38. The van der Waals surface area contributed by atoms with Crippen LogP contribution < -0.4 is 10.6 Å². The zero-order valence-electron chi connectivity index (χ0n) is 17.0. The Morgan fingerprint density at radius 3 is 2.54 bits per heavy atom. The lowest BCUT2D eigenvalue weighted by Crippen LogP contribution is -2.49. The first-order chi connectivity index (χ1) is 11.9. The Hall–Kier alpha value is -0.820. The second kappa shape index (κ2) is 10.5. The fourth-order valence-corrected chi connectivity index (χ4v) is 3.48. The van der Waals surface area contributed by atoms with E-state index >= 15 is 0 Å². The SMILES string of the molecule is CN=C(NCC1(CCOC)CCC1)NCC(C)(C)c1cccc(C)c1.I. The van der Waals surface area contributed by atoms with E-state index in [4.69, 9.17) is 4.74 Å². The average Bonchev–Trinajstić information content (AvgIpc) is 2.56. The fourth-order valence-electron chi connectivity index (χ4n) is 3.48. The van der Waals surface area contributed by atoms with E-state index in [-0.39, 0.29) is 29.4 Å². The number of hydrogen-bond acceptors (Lipinski definition) is 2. The van der Waals surface area contributed by atoms with E-state index in [1.807, 2.05) is 7.05 Å². The molecule has 0 unspecified atom stereocenters. The lowest BCUT2D eigenvalue weighted by atomic mass is 9.67. The molecule has 4 nitrogen and oxygen atoms in total. The van der Waals surface area contributed by atoms with Crippen LogP contribution in [0.4, 0.5) is 0 Å². The summed E-state index contributed by atoms with van der Waals surface area (Å²) in [6.07, 6.45) is 5.03. The lowest BCUT2D eigenvalue weighted by Gasteiger charge is -2.42. The maximum Gasteiger partial charge on any atom is 0.191 e. The number of rotatable bonds is 8. The largest absolute Gasteiger partial charge is 0.385 e. The Labute approximate surface area is 176 Å². The van der Waals surface area contributed by atoms with Crippen molar-refractivity contribution in [3.8, 4) is 0 Å². The Balaban J connectivity index is 0.00000338. The van der Waals surface area contributed by atoms with Gasteiger partial charge in [-0.15, -0.1) is 24.0 Å². The second-order valence-corrected chi connectivity index (χ2v) is 8.13. The molecule has 0 radical (unpaired) electrons. The number of hydrogen-bond donors (Lipinski definition) is 2. The summed E-state index contributed by atoms with van der Waals surface area (Å²) in [5.74, 6) is 0.893. The highest BCUT2D eigenvalue weighted by Gasteiger charge is 2.36. The first kappa shape index (κ1) is 23.2. The van der Waals surface area contributed by atoms with E-state index in [9.17, 15) is 0 Å². The summed E-state index contributed by atoms with van der Waals surface area (Å²) in [6, 6.07) is 8.76. The standard InChI is InChI=1S/C21H35N3O.HI/c1-17-8-6-9-18(14-17)20(2,3)15-23-19(22-4)24-16-21(10-7-11-21)12-13-25-5;/h6,8-9,14H,7,10-13,15-16H2,1-5H3,(H2,22,23,24);1H. The van der Waals surface area contributed by atoms with Crippen molar-refractivity contribution in [2.24, 2.45) is 10.4 Å². The van der Waals surface area contributed by atoms with Crippen molar-refractivity contribution in [1.82, 2.24) is 10.6 Å². The summed E-state index contributed by atoms with van der Waals surface area (Å²) >= 11 is 0. The van der Waals surface area contributed by atoms with Gasteiger partial charge in [0.15, 0.2) is 5.96 Å². The summed E-state index contributed by atoms with van der Waals surface area (Å²) < 4.78 is 5.28. The van der Waals surface area contributed by atoms with Gasteiger partial charge in [0, 0.05) is 39.3 Å². The molecule has 5 heteroatoms. The van der Waals surface area contributed by atoms with Gasteiger partial charge in [0.2, 0.25) is 0 Å². The minimum Gasteiger partial charge on any atom is -0.385 e. The maximum absolute atomic E-state index is 5.28. The highest BCUT2D eigenvalue weighted by Crippen LogP contribution is 2.43. The van der Waals surface area contributed by atoms with Crippen LogP contribution in [0.2, 0.25) is 0 Å². The predicted molar refractivity (Wildman–Crippen MR) is 122 cm³/mol. The maximum atomic E-state index is 5.28. The third-order valence-electron chi connectivity index (χ3n) is 5.60. The molecular weight excluding hydrogens is 437 g/mol. The molecule has 0 amide bonds. The van der Waals surface area contributed by atoms with E-state index in [2.05, 4.69) is 60.7 Å². The van der Waals surface area contributed by atoms with E-state index in [1.165, 1.54) is 30.4 Å². The van der Waals surface area contributed by atoms with E-state index < -0.39 is 0 Å². The van der Waals surface area contributed by atoms with Gasteiger partial charge in [-0.3, -0.25) is 4.99 Å². The zero-order valence-corrected chi connectivity index (χ0v) is 19.4. The molecule has 1 fully saturated rings. The molecule has 2 N–H and O–H groups in total.